The van der Waals surface area contributed by atoms with Crippen LogP contribution in [-0.2, 0) is 4.74 Å². The molecular weight excluding hydrogens is 486 g/mol. The highest BCUT2D eigenvalue weighted by Crippen LogP contribution is 2.67. The smallest absolute Gasteiger partial charge is 0.338 e. The molecule has 8 atom stereocenters. The fourth-order valence-corrected chi connectivity index (χ4v) is 9.72. The SMILES string of the molecule is CC(C)CCC[C@@H](C)[C@@H]1CC[C@@H]2[C@H]3CC=C4C[C@@H](OC(=O)c5cccc(N([O-])O)c5)CC[C@]4(C)[C@@H]3CC[C@@]21C. The molecular formula is C34H50NO4-. The van der Waals surface area contributed by atoms with Crippen molar-refractivity contribution in [2.24, 2.45) is 46.3 Å². The van der Waals surface area contributed by atoms with Gasteiger partial charge < -0.3 is 15.2 Å². The zero-order valence-corrected chi connectivity index (χ0v) is 24.8. The van der Waals surface area contributed by atoms with Gasteiger partial charge in [-0.15, -0.1) is 0 Å². The number of benzene rings is 1. The lowest BCUT2D eigenvalue weighted by Gasteiger charge is -2.58. The van der Waals surface area contributed by atoms with E-state index in [1.165, 1.54) is 69.1 Å². The predicted molar refractivity (Wildman–Crippen MR) is 156 cm³/mol. The van der Waals surface area contributed by atoms with Crippen LogP contribution in [0.3, 0.4) is 0 Å². The largest absolute Gasteiger partial charge is 0.733 e. The van der Waals surface area contributed by atoms with E-state index in [4.69, 9.17) is 4.74 Å². The topological polar surface area (TPSA) is 72.8 Å². The van der Waals surface area contributed by atoms with Gasteiger partial charge in [0.1, 0.15) is 6.10 Å². The molecule has 0 saturated heterocycles. The third-order valence-electron chi connectivity index (χ3n) is 11.8. The summed E-state index contributed by atoms with van der Waals surface area (Å²) in [5.41, 5.74) is 2.55. The van der Waals surface area contributed by atoms with E-state index in [9.17, 15) is 15.2 Å². The maximum absolute atomic E-state index is 12.9. The van der Waals surface area contributed by atoms with Crippen LogP contribution in [0.5, 0.6) is 0 Å². The van der Waals surface area contributed by atoms with Crippen molar-refractivity contribution in [3.05, 3.63) is 46.7 Å². The van der Waals surface area contributed by atoms with Crippen molar-refractivity contribution in [2.75, 3.05) is 5.23 Å². The molecule has 0 spiro atoms. The second kappa shape index (κ2) is 11.2. The van der Waals surface area contributed by atoms with Crippen molar-refractivity contribution < 1.29 is 14.7 Å². The van der Waals surface area contributed by atoms with Gasteiger partial charge in [0.15, 0.2) is 0 Å². The molecule has 0 bridgehead atoms. The van der Waals surface area contributed by atoms with Crippen LogP contribution in [0.4, 0.5) is 5.69 Å². The van der Waals surface area contributed by atoms with Gasteiger partial charge in [-0.05, 0) is 109 Å². The third kappa shape index (κ3) is 5.43. The fourth-order valence-electron chi connectivity index (χ4n) is 9.72. The molecule has 5 rings (SSSR count). The van der Waals surface area contributed by atoms with Crippen LogP contribution < -0.4 is 5.23 Å². The second-order valence-corrected chi connectivity index (χ2v) is 14.4. The highest BCUT2D eigenvalue weighted by atomic mass is 16.8. The lowest BCUT2D eigenvalue weighted by molar-refractivity contribution is -0.0594. The molecule has 216 valence electrons. The zero-order chi connectivity index (χ0) is 27.9. The van der Waals surface area contributed by atoms with E-state index in [-0.39, 0.29) is 22.4 Å². The molecule has 3 saturated carbocycles. The number of hydrogen-bond acceptors (Lipinski definition) is 5. The molecule has 5 heteroatoms. The molecule has 0 amide bonds. The Bertz CT molecular complexity index is 1070. The van der Waals surface area contributed by atoms with E-state index >= 15 is 0 Å². The molecule has 0 aromatic heterocycles. The fraction of sp³-hybridized carbons (Fsp3) is 0.735. The van der Waals surface area contributed by atoms with E-state index in [1.54, 1.807) is 12.1 Å². The predicted octanol–water partition coefficient (Wildman–Crippen LogP) is 8.95. The van der Waals surface area contributed by atoms with E-state index < -0.39 is 5.97 Å². The molecule has 1 aromatic carbocycles. The summed E-state index contributed by atoms with van der Waals surface area (Å²) in [6.45, 7) is 12.4. The van der Waals surface area contributed by atoms with Gasteiger partial charge in [0.05, 0.1) is 11.3 Å². The zero-order valence-electron chi connectivity index (χ0n) is 24.8. The van der Waals surface area contributed by atoms with Crippen LogP contribution in [0, 0.1) is 51.5 Å². The molecule has 39 heavy (non-hydrogen) atoms. The summed E-state index contributed by atoms with van der Waals surface area (Å²) in [4.78, 5) is 12.9. The monoisotopic (exact) mass is 536 g/mol. The summed E-state index contributed by atoms with van der Waals surface area (Å²) >= 11 is 0. The highest BCUT2D eigenvalue weighted by molar-refractivity contribution is 5.90. The van der Waals surface area contributed by atoms with E-state index in [2.05, 4.69) is 40.7 Å². The minimum Gasteiger partial charge on any atom is -0.733 e. The summed E-state index contributed by atoms with van der Waals surface area (Å²) in [5.74, 6) is 4.48. The number of ether oxygens (including phenoxy) is 1. The first-order valence-electron chi connectivity index (χ1n) is 15.7. The Kier molecular flexibility index (Phi) is 8.23. The second-order valence-electron chi connectivity index (χ2n) is 14.4. The number of esters is 1. The molecule has 3 fully saturated rings. The van der Waals surface area contributed by atoms with Crippen molar-refractivity contribution in [3.8, 4) is 0 Å². The summed E-state index contributed by atoms with van der Waals surface area (Å²) in [7, 11) is 0. The Morgan fingerprint density at radius 2 is 1.90 bits per heavy atom. The van der Waals surface area contributed by atoms with Gasteiger partial charge >= 0.3 is 5.97 Å². The lowest BCUT2D eigenvalue weighted by Crippen LogP contribution is -2.51. The van der Waals surface area contributed by atoms with Crippen molar-refractivity contribution in [3.63, 3.8) is 0 Å². The number of carbonyl (C=O) groups is 1. The molecule has 4 aliphatic rings. The third-order valence-corrected chi connectivity index (χ3v) is 11.8. The van der Waals surface area contributed by atoms with Crippen molar-refractivity contribution in [1.82, 2.24) is 0 Å². The van der Waals surface area contributed by atoms with Gasteiger partial charge in [-0.1, -0.05) is 71.6 Å². The van der Waals surface area contributed by atoms with Crippen LogP contribution in [-0.4, -0.2) is 17.3 Å². The maximum Gasteiger partial charge on any atom is 0.338 e. The van der Waals surface area contributed by atoms with E-state index in [1.807, 2.05) is 0 Å². The van der Waals surface area contributed by atoms with Crippen molar-refractivity contribution in [2.45, 2.75) is 111 Å². The van der Waals surface area contributed by atoms with Crippen molar-refractivity contribution >= 4 is 11.7 Å². The normalized spacial score (nSPS) is 36.4. The van der Waals surface area contributed by atoms with E-state index in [0.717, 1.165) is 54.8 Å². The first-order chi connectivity index (χ1) is 18.5. The number of hydrogen-bond donors (Lipinski definition) is 1. The van der Waals surface area contributed by atoms with Crippen molar-refractivity contribution in [1.29, 1.82) is 0 Å². The molecule has 1 aromatic rings. The van der Waals surface area contributed by atoms with Crippen LogP contribution in [0.15, 0.2) is 35.9 Å². The summed E-state index contributed by atoms with van der Waals surface area (Å²) in [5, 5.41) is 20.2. The van der Waals surface area contributed by atoms with Gasteiger partial charge in [0, 0.05) is 6.42 Å². The summed E-state index contributed by atoms with van der Waals surface area (Å²) < 4.78 is 5.93. The average molecular weight is 537 g/mol. The molecule has 0 heterocycles. The summed E-state index contributed by atoms with van der Waals surface area (Å²) in [6.07, 6.45) is 16.0. The number of carbonyl (C=O) groups excluding carboxylic acids is 1. The number of anilines is 1. The van der Waals surface area contributed by atoms with Gasteiger partial charge in [-0.25, -0.2) is 4.79 Å². The van der Waals surface area contributed by atoms with Gasteiger partial charge in [-0.3, -0.25) is 5.21 Å². The highest BCUT2D eigenvalue weighted by Gasteiger charge is 2.59. The average Bonchev–Trinajstić information content (AvgIpc) is 3.26. The molecule has 0 radical (unpaired) electrons. The Morgan fingerprint density at radius 3 is 2.64 bits per heavy atom. The molecule has 4 aliphatic carbocycles. The number of nitrogens with zero attached hydrogens (tertiary/aromatic N) is 1. The van der Waals surface area contributed by atoms with Crippen LogP contribution in [0.1, 0.15) is 116 Å². The standard InChI is InChI=1S/C34H50NO4/c1-22(2)8-6-9-23(3)29-14-15-30-28-13-12-25-21-27(16-18-33(25,4)31(28)17-19-34(29,30)5)39-32(36)24-10-7-11-26(20-24)35(37)38/h7,10-12,20,22-23,27-31,37H,6,8-9,13-19,21H2,1-5H3/q-1/t23-,27+,28-,29+,30-,31-,33+,34-/m1/s1. The molecule has 1 N–H and O–H groups in total. The van der Waals surface area contributed by atoms with Gasteiger partial charge in [0.2, 0.25) is 0 Å². The lowest BCUT2D eigenvalue weighted by atomic mass is 9.47. The Labute approximate surface area is 235 Å². The molecule has 0 aliphatic heterocycles. The Hall–Kier alpha value is -1.85. The minimum absolute atomic E-state index is 0.0325. The molecule has 0 unspecified atom stereocenters. The van der Waals surface area contributed by atoms with Gasteiger partial charge in [-0.2, -0.15) is 0 Å². The minimum atomic E-state index is -0.422. The number of fused-ring (bicyclic) bond motifs is 5. The number of allylic oxidation sites excluding steroid dienone is 1. The summed E-state index contributed by atoms with van der Waals surface area (Å²) in [6, 6.07) is 6.07. The molecule has 5 nitrogen and oxygen atoms in total. The first-order valence-corrected chi connectivity index (χ1v) is 15.7. The van der Waals surface area contributed by atoms with Crippen LogP contribution >= 0.6 is 0 Å². The first kappa shape index (κ1) is 28.7. The van der Waals surface area contributed by atoms with Crippen LogP contribution in [0.2, 0.25) is 0 Å². The number of rotatable bonds is 8. The Balaban J connectivity index is 1.24. The van der Waals surface area contributed by atoms with E-state index in [0.29, 0.717) is 11.0 Å². The maximum atomic E-state index is 12.9. The Morgan fingerprint density at radius 1 is 1.10 bits per heavy atom. The van der Waals surface area contributed by atoms with Crippen LogP contribution in [0.25, 0.3) is 0 Å². The quantitative estimate of drug-likeness (QED) is 0.204. The van der Waals surface area contributed by atoms with Gasteiger partial charge in [0.25, 0.3) is 0 Å².